The van der Waals surface area contributed by atoms with Gasteiger partial charge in [-0.2, -0.15) is 20.7 Å². The predicted molar refractivity (Wildman–Crippen MR) is 118 cm³/mol. The highest BCUT2D eigenvalue weighted by Gasteiger charge is 2.18. The second kappa shape index (κ2) is 8.27. The number of hydrogen-bond donors (Lipinski definition) is 1. The number of nitrogens with zero attached hydrogens (tertiary/aromatic N) is 6. The van der Waals surface area contributed by atoms with Gasteiger partial charge in [-0.3, -0.25) is 4.68 Å². The molecule has 0 amide bonds. The molecule has 1 atom stereocenters. The number of nitrogens with one attached hydrogen (secondary N) is 1. The number of benzene rings is 1. The SMILES string of the molecule is N#Cc1ccccc1Sc1cc(-c2cnn([C@@H]3CCCNC3)c2)cn2ncc(C#N)c12. The van der Waals surface area contributed by atoms with E-state index in [1.165, 1.54) is 11.8 Å². The van der Waals surface area contributed by atoms with E-state index < -0.39 is 0 Å². The topological polar surface area (TPSA) is 94.7 Å². The third-order valence-corrected chi connectivity index (χ3v) is 6.61. The Morgan fingerprint density at radius 3 is 2.68 bits per heavy atom. The average molecular weight is 426 g/mol. The second-order valence-electron chi connectivity index (χ2n) is 7.48. The maximum Gasteiger partial charge on any atom is 0.103 e. The van der Waals surface area contributed by atoms with Gasteiger partial charge in [0.05, 0.1) is 35.1 Å². The summed E-state index contributed by atoms with van der Waals surface area (Å²) >= 11 is 1.47. The molecule has 0 unspecified atom stereocenters. The third-order valence-electron chi connectivity index (χ3n) is 5.50. The lowest BCUT2D eigenvalue weighted by molar-refractivity contribution is 0.347. The first kappa shape index (κ1) is 19.4. The fraction of sp³-hybridized carbons (Fsp3) is 0.217. The lowest BCUT2D eigenvalue weighted by Crippen LogP contribution is -2.31. The fourth-order valence-electron chi connectivity index (χ4n) is 3.91. The Morgan fingerprint density at radius 2 is 1.87 bits per heavy atom. The summed E-state index contributed by atoms with van der Waals surface area (Å²) in [5, 5.41) is 31.5. The monoisotopic (exact) mass is 425 g/mol. The van der Waals surface area contributed by atoms with Gasteiger partial charge in [0.25, 0.3) is 0 Å². The van der Waals surface area contributed by atoms with Crippen molar-refractivity contribution in [3.63, 3.8) is 0 Å². The van der Waals surface area contributed by atoms with Crippen LogP contribution in [0, 0.1) is 22.7 Å². The van der Waals surface area contributed by atoms with E-state index in [9.17, 15) is 10.5 Å². The molecule has 0 saturated carbocycles. The van der Waals surface area contributed by atoms with Crippen LogP contribution in [0.1, 0.15) is 30.0 Å². The van der Waals surface area contributed by atoms with Crippen LogP contribution in [0.25, 0.3) is 16.6 Å². The van der Waals surface area contributed by atoms with Crippen molar-refractivity contribution in [2.45, 2.75) is 28.7 Å². The van der Waals surface area contributed by atoms with Gasteiger partial charge in [0, 0.05) is 39.9 Å². The van der Waals surface area contributed by atoms with E-state index in [0.717, 1.165) is 52.4 Å². The first-order valence-electron chi connectivity index (χ1n) is 10.1. The van der Waals surface area contributed by atoms with Gasteiger partial charge in [-0.15, -0.1) is 0 Å². The highest BCUT2D eigenvalue weighted by Crippen LogP contribution is 2.37. The second-order valence-corrected chi connectivity index (χ2v) is 8.56. The van der Waals surface area contributed by atoms with Crippen LogP contribution in [0.4, 0.5) is 0 Å². The van der Waals surface area contributed by atoms with Crippen LogP contribution < -0.4 is 5.32 Å². The van der Waals surface area contributed by atoms with Crippen molar-refractivity contribution in [1.29, 1.82) is 10.5 Å². The summed E-state index contributed by atoms with van der Waals surface area (Å²) < 4.78 is 3.78. The van der Waals surface area contributed by atoms with Crippen molar-refractivity contribution in [2.75, 3.05) is 13.1 Å². The van der Waals surface area contributed by atoms with E-state index in [-0.39, 0.29) is 0 Å². The summed E-state index contributed by atoms with van der Waals surface area (Å²) in [6.45, 7) is 1.99. The van der Waals surface area contributed by atoms with Crippen molar-refractivity contribution in [3.05, 3.63) is 66.2 Å². The van der Waals surface area contributed by atoms with Crippen molar-refractivity contribution in [1.82, 2.24) is 24.7 Å². The van der Waals surface area contributed by atoms with E-state index in [1.54, 1.807) is 16.8 Å². The highest BCUT2D eigenvalue weighted by atomic mass is 32.2. The number of piperidine rings is 1. The minimum Gasteiger partial charge on any atom is -0.315 e. The van der Waals surface area contributed by atoms with Crippen molar-refractivity contribution in [3.8, 4) is 23.3 Å². The van der Waals surface area contributed by atoms with Gasteiger partial charge in [-0.25, -0.2) is 4.52 Å². The van der Waals surface area contributed by atoms with Crippen LogP contribution in [-0.4, -0.2) is 32.5 Å². The molecule has 31 heavy (non-hydrogen) atoms. The van der Waals surface area contributed by atoms with E-state index in [1.807, 2.05) is 35.3 Å². The Morgan fingerprint density at radius 1 is 1.00 bits per heavy atom. The fourth-order valence-corrected chi connectivity index (χ4v) is 5.01. The standard InChI is InChI=1S/C23H19N7S/c24-9-16-4-1-2-6-21(16)31-22-8-17(14-30-23(22)18(10-25)11-28-30)19-12-27-29(15-19)20-5-3-7-26-13-20/h1-2,4,6,8,11-12,14-15,20,26H,3,5,7,13H2/t20-/m1/s1. The van der Waals surface area contributed by atoms with Gasteiger partial charge in [0.1, 0.15) is 12.1 Å². The van der Waals surface area contributed by atoms with E-state index in [2.05, 4.69) is 39.9 Å². The van der Waals surface area contributed by atoms with Gasteiger partial charge in [-0.05, 0) is 37.6 Å². The van der Waals surface area contributed by atoms with Crippen LogP contribution in [0.5, 0.6) is 0 Å². The molecule has 1 aliphatic rings. The molecule has 3 aromatic heterocycles. The molecule has 1 fully saturated rings. The lowest BCUT2D eigenvalue weighted by atomic mass is 10.1. The van der Waals surface area contributed by atoms with Gasteiger partial charge in [0.2, 0.25) is 0 Å². The number of rotatable bonds is 4. The molecule has 0 radical (unpaired) electrons. The van der Waals surface area contributed by atoms with E-state index >= 15 is 0 Å². The van der Waals surface area contributed by atoms with Crippen LogP contribution in [-0.2, 0) is 0 Å². The van der Waals surface area contributed by atoms with Crippen molar-refractivity contribution < 1.29 is 0 Å². The minimum absolute atomic E-state index is 0.359. The van der Waals surface area contributed by atoms with Gasteiger partial charge in [-0.1, -0.05) is 23.9 Å². The highest BCUT2D eigenvalue weighted by molar-refractivity contribution is 7.99. The molecule has 1 N–H and O–H groups in total. The maximum absolute atomic E-state index is 9.57. The van der Waals surface area contributed by atoms with Crippen molar-refractivity contribution >= 4 is 17.3 Å². The summed E-state index contributed by atoms with van der Waals surface area (Å²) in [6, 6.07) is 14.4. The quantitative estimate of drug-likeness (QED) is 0.531. The molecule has 7 nitrogen and oxygen atoms in total. The van der Waals surface area contributed by atoms with Gasteiger partial charge < -0.3 is 5.32 Å². The normalized spacial score (nSPS) is 16.1. The first-order chi connectivity index (χ1) is 15.3. The van der Waals surface area contributed by atoms with Gasteiger partial charge >= 0.3 is 0 Å². The molecule has 1 aliphatic heterocycles. The van der Waals surface area contributed by atoms with E-state index in [0.29, 0.717) is 17.2 Å². The molecular weight excluding hydrogens is 406 g/mol. The Kier molecular flexibility index (Phi) is 5.17. The molecule has 1 aromatic carbocycles. The molecule has 152 valence electrons. The maximum atomic E-state index is 9.57. The summed E-state index contributed by atoms with van der Waals surface area (Å²) in [7, 11) is 0. The average Bonchev–Trinajstić information content (AvgIpc) is 3.47. The minimum atomic E-state index is 0.359. The zero-order chi connectivity index (χ0) is 21.2. The van der Waals surface area contributed by atoms with E-state index in [4.69, 9.17) is 0 Å². The first-order valence-corrected chi connectivity index (χ1v) is 10.9. The number of fused-ring (bicyclic) bond motifs is 1. The molecule has 4 heterocycles. The lowest BCUT2D eigenvalue weighted by Gasteiger charge is -2.22. The van der Waals surface area contributed by atoms with Gasteiger partial charge in [0.15, 0.2) is 0 Å². The summed E-state index contributed by atoms with van der Waals surface area (Å²) in [5.41, 5.74) is 3.82. The Bertz CT molecular complexity index is 1330. The number of nitriles is 2. The molecule has 0 aliphatic carbocycles. The molecule has 1 saturated heterocycles. The van der Waals surface area contributed by atoms with Crippen LogP contribution in [0.2, 0.25) is 0 Å². The predicted octanol–water partition coefficient (Wildman–Crippen LogP) is 4.02. The van der Waals surface area contributed by atoms with Crippen LogP contribution in [0.3, 0.4) is 0 Å². The largest absolute Gasteiger partial charge is 0.315 e. The molecule has 0 spiro atoms. The molecule has 5 rings (SSSR count). The smallest absolute Gasteiger partial charge is 0.103 e. The molecule has 8 heteroatoms. The molecular formula is C23H19N7S. The third kappa shape index (κ3) is 3.68. The number of aromatic nitrogens is 4. The zero-order valence-corrected chi connectivity index (χ0v) is 17.5. The van der Waals surface area contributed by atoms with Crippen molar-refractivity contribution in [2.24, 2.45) is 0 Å². The van der Waals surface area contributed by atoms with Crippen LogP contribution >= 0.6 is 11.8 Å². The molecule has 0 bridgehead atoms. The zero-order valence-electron chi connectivity index (χ0n) is 16.7. The molecule has 4 aromatic rings. The Labute approximate surface area is 183 Å². The summed E-state index contributed by atoms with van der Waals surface area (Å²) in [6.07, 6.45) is 9.72. The number of hydrogen-bond acceptors (Lipinski definition) is 6. The Hall–Kier alpha value is -3.59. The summed E-state index contributed by atoms with van der Waals surface area (Å²) in [4.78, 5) is 1.72. The van der Waals surface area contributed by atoms with Crippen LogP contribution in [0.15, 0.2) is 64.9 Å². The number of pyridine rings is 1. The summed E-state index contributed by atoms with van der Waals surface area (Å²) in [5.74, 6) is 0. The Balaban J connectivity index is 1.59.